The van der Waals surface area contributed by atoms with Gasteiger partial charge in [0.05, 0.1) is 17.2 Å². The SMILES string of the molecule is CCOc1ccc(N=C2SC(=Cc3ccc(N(C)C)cc3)C(=O)N2C)cc1. The summed E-state index contributed by atoms with van der Waals surface area (Å²) >= 11 is 1.39. The van der Waals surface area contributed by atoms with Crippen molar-refractivity contribution in [2.24, 2.45) is 4.99 Å². The molecule has 0 spiro atoms. The average molecular weight is 382 g/mol. The number of ether oxygens (including phenoxy) is 1. The standard InChI is InChI=1S/C21H23N3O2S/c1-5-26-18-12-8-16(9-13-18)22-21-24(4)20(25)19(27-21)14-15-6-10-17(11-7-15)23(2)3/h6-14H,5H2,1-4H3. The van der Waals surface area contributed by atoms with Gasteiger partial charge in [-0.3, -0.25) is 9.69 Å². The number of amides is 1. The van der Waals surface area contributed by atoms with E-state index in [4.69, 9.17) is 4.74 Å². The van der Waals surface area contributed by atoms with E-state index in [0.29, 0.717) is 16.7 Å². The minimum Gasteiger partial charge on any atom is -0.494 e. The normalized spacial score (nSPS) is 17.0. The van der Waals surface area contributed by atoms with E-state index in [1.54, 1.807) is 11.9 Å². The fourth-order valence-electron chi connectivity index (χ4n) is 2.57. The minimum absolute atomic E-state index is 0.0404. The molecule has 0 atom stereocenters. The molecule has 1 aliphatic rings. The molecule has 0 aliphatic carbocycles. The summed E-state index contributed by atoms with van der Waals surface area (Å²) in [6.45, 7) is 2.58. The Bertz CT molecular complexity index is 871. The zero-order valence-corrected chi connectivity index (χ0v) is 16.8. The summed E-state index contributed by atoms with van der Waals surface area (Å²) in [5, 5.41) is 0.667. The number of thioether (sulfide) groups is 1. The van der Waals surface area contributed by atoms with Gasteiger partial charge in [-0.25, -0.2) is 4.99 Å². The Hall–Kier alpha value is -2.73. The molecule has 0 unspecified atom stereocenters. The van der Waals surface area contributed by atoms with Gasteiger partial charge in [0.25, 0.3) is 5.91 Å². The van der Waals surface area contributed by atoms with E-state index in [2.05, 4.69) is 4.99 Å². The first-order valence-electron chi connectivity index (χ1n) is 8.74. The second-order valence-corrected chi connectivity index (χ2v) is 7.29. The van der Waals surface area contributed by atoms with Gasteiger partial charge in [0.2, 0.25) is 0 Å². The van der Waals surface area contributed by atoms with Crippen molar-refractivity contribution >= 4 is 40.3 Å². The number of hydrogen-bond acceptors (Lipinski definition) is 5. The summed E-state index contributed by atoms with van der Waals surface area (Å²) in [5.41, 5.74) is 2.90. The monoisotopic (exact) mass is 381 g/mol. The number of carbonyl (C=O) groups excluding carboxylic acids is 1. The molecule has 2 aromatic carbocycles. The molecule has 6 heteroatoms. The maximum atomic E-state index is 12.6. The first-order valence-corrected chi connectivity index (χ1v) is 9.56. The molecule has 2 aromatic rings. The lowest BCUT2D eigenvalue weighted by atomic mass is 10.2. The Balaban J connectivity index is 1.79. The summed E-state index contributed by atoms with van der Waals surface area (Å²) in [5.74, 6) is 0.771. The van der Waals surface area contributed by atoms with Gasteiger partial charge in [0.15, 0.2) is 5.17 Å². The third-order valence-electron chi connectivity index (χ3n) is 4.08. The Morgan fingerprint density at radius 1 is 1.11 bits per heavy atom. The van der Waals surface area contributed by atoms with Crippen LogP contribution in [0.25, 0.3) is 6.08 Å². The van der Waals surface area contributed by atoms with Crippen LogP contribution in [0.15, 0.2) is 58.4 Å². The molecule has 3 rings (SSSR count). The van der Waals surface area contributed by atoms with Crippen molar-refractivity contribution in [2.45, 2.75) is 6.92 Å². The highest BCUT2D eigenvalue weighted by Gasteiger charge is 2.30. The molecule has 5 nitrogen and oxygen atoms in total. The molecule has 140 valence electrons. The first kappa shape index (κ1) is 19.0. The molecule has 1 saturated heterocycles. The van der Waals surface area contributed by atoms with Crippen LogP contribution in [0.4, 0.5) is 11.4 Å². The second kappa shape index (κ2) is 8.31. The van der Waals surface area contributed by atoms with Gasteiger partial charge in [-0.2, -0.15) is 0 Å². The molecule has 0 aromatic heterocycles. The van der Waals surface area contributed by atoms with Crippen LogP contribution in [0.3, 0.4) is 0 Å². The fraction of sp³-hybridized carbons (Fsp3) is 0.238. The van der Waals surface area contributed by atoms with Crippen molar-refractivity contribution in [1.29, 1.82) is 0 Å². The largest absolute Gasteiger partial charge is 0.494 e. The number of benzene rings is 2. The lowest BCUT2D eigenvalue weighted by Gasteiger charge is -2.11. The van der Waals surface area contributed by atoms with Gasteiger partial charge >= 0.3 is 0 Å². The quantitative estimate of drug-likeness (QED) is 0.721. The summed E-state index contributed by atoms with van der Waals surface area (Å²) in [6.07, 6.45) is 1.91. The molecule has 0 radical (unpaired) electrons. The van der Waals surface area contributed by atoms with Crippen LogP contribution in [0.1, 0.15) is 12.5 Å². The Kier molecular flexibility index (Phi) is 5.86. The topological polar surface area (TPSA) is 45.1 Å². The highest BCUT2D eigenvalue weighted by Crippen LogP contribution is 2.33. The van der Waals surface area contributed by atoms with Crippen LogP contribution in [-0.4, -0.2) is 43.7 Å². The van der Waals surface area contributed by atoms with Crippen LogP contribution >= 0.6 is 11.8 Å². The molecular weight excluding hydrogens is 358 g/mol. The van der Waals surface area contributed by atoms with E-state index >= 15 is 0 Å². The van der Waals surface area contributed by atoms with Crippen LogP contribution in [0.2, 0.25) is 0 Å². The number of hydrogen-bond donors (Lipinski definition) is 0. The van der Waals surface area contributed by atoms with Crippen LogP contribution in [0, 0.1) is 0 Å². The number of carbonyl (C=O) groups is 1. The highest BCUT2D eigenvalue weighted by molar-refractivity contribution is 8.18. The lowest BCUT2D eigenvalue weighted by molar-refractivity contribution is -0.121. The number of aliphatic imine (C=N–C) groups is 1. The number of likely N-dealkylation sites (N-methyl/N-ethyl adjacent to an activating group) is 1. The van der Waals surface area contributed by atoms with Gasteiger partial charge in [-0.05, 0) is 66.7 Å². The van der Waals surface area contributed by atoms with Crippen molar-refractivity contribution in [2.75, 3.05) is 32.6 Å². The Morgan fingerprint density at radius 3 is 2.37 bits per heavy atom. The third-order valence-corrected chi connectivity index (χ3v) is 5.14. The van der Waals surface area contributed by atoms with E-state index in [9.17, 15) is 4.79 Å². The van der Waals surface area contributed by atoms with Crippen molar-refractivity contribution in [3.05, 3.63) is 59.0 Å². The van der Waals surface area contributed by atoms with Crippen LogP contribution in [-0.2, 0) is 4.79 Å². The average Bonchev–Trinajstić information content (AvgIpc) is 2.92. The van der Waals surface area contributed by atoms with Gasteiger partial charge in [0, 0.05) is 26.8 Å². The zero-order chi connectivity index (χ0) is 19.4. The van der Waals surface area contributed by atoms with E-state index in [1.807, 2.05) is 80.5 Å². The molecule has 1 amide bonds. The fourth-order valence-corrected chi connectivity index (χ4v) is 3.55. The number of amidine groups is 1. The number of rotatable bonds is 5. The Morgan fingerprint density at radius 2 is 1.78 bits per heavy atom. The van der Waals surface area contributed by atoms with E-state index in [1.165, 1.54) is 11.8 Å². The van der Waals surface area contributed by atoms with Gasteiger partial charge < -0.3 is 9.64 Å². The van der Waals surface area contributed by atoms with Gasteiger partial charge in [0.1, 0.15) is 5.75 Å². The van der Waals surface area contributed by atoms with Crippen molar-refractivity contribution in [1.82, 2.24) is 4.90 Å². The molecule has 0 N–H and O–H groups in total. The van der Waals surface area contributed by atoms with Crippen LogP contribution < -0.4 is 9.64 Å². The predicted octanol–water partition coefficient (Wildman–Crippen LogP) is 4.39. The predicted molar refractivity (Wildman–Crippen MR) is 114 cm³/mol. The van der Waals surface area contributed by atoms with Crippen molar-refractivity contribution in [3.63, 3.8) is 0 Å². The van der Waals surface area contributed by atoms with Crippen LogP contribution in [0.5, 0.6) is 5.75 Å². The molecule has 1 fully saturated rings. The minimum atomic E-state index is -0.0404. The Labute approximate surface area is 164 Å². The number of nitrogens with zero attached hydrogens (tertiary/aromatic N) is 3. The van der Waals surface area contributed by atoms with E-state index < -0.39 is 0 Å². The maximum absolute atomic E-state index is 12.6. The molecular formula is C21H23N3O2S. The van der Waals surface area contributed by atoms with Crippen molar-refractivity contribution in [3.8, 4) is 5.75 Å². The molecule has 1 aliphatic heterocycles. The van der Waals surface area contributed by atoms with Gasteiger partial charge in [-0.15, -0.1) is 0 Å². The summed E-state index contributed by atoms with van der Waals surface area (Å²) in [6, 6.07) is 15.6. The summed E-state index contributed by atoms with van der Waals surface area (Å²) < 4.78 is 5.45. The molecule has 1 heterocycles. The van der Waals surface area contributed by atoms with Crippen molar-refractivity contribution < 1.29 is 9.53 Å². The highest BCUT2D eigenvalue weighted by atomic mass is 32.2. The zero-order valence-electron chi connectivity index (χ0n) is 16.0. The second-order valence-electron chi connectivity index (χ2n) is 6.28. The first-order chi connectivity index (χ1) is 13.0. The smallest absolute Gasteiger partial charge is 0.266 e. The molecule has 27 heavy (non-hydrogen) atoms. The van der Waals surface area contributed by atoms with E-state index in [0.717, 1.165) is 22.7 Å². The summed E-state index contributed by atoms with van der Waals surface area (Å²) in [4.78, 5) is 21.4. The van der Waals surface area contributed by atoms with E-state index in [-0.39, 0.29) is 5.91 Å². The molecule has 0 saturated carbocycles. The van der Waals surface area contributed by atoms with Gasteiger partial charge in [-0.1, -0.05) is 12.1 Å². The lowest BCUT2D eigenvalue weighted by Crippen LogP contribution is -2.23. The maximum Gasteiger partial charge on any atom is 0.266 e. The third kappa shape index (κ3) is 4.52. The molecule has 0 bridgehead atoms. The number of anilines is 1. The summed E-state index contributed by atoms with van der Waals surface area (Å²) in [7, 11) is 5.75.